The summed E-state index contributed by atoms with van der Waals surface area (Å²) in [5, 5.41) is 11.7. The van der Waals surface area contributed by atoms with Crippen LogP contribution in [0.5, 0.6) is 0 Å². The molecule has 5 nitrogen and oxygen atoms in total. The Hall–Kier alpha value is -1.64. The van der Waals surface area contributed by atoms with Crippen LogP contribution in [0, 0.1) is 22.9 Å². The molecule has 0 atom stereocenters. The molecule has 0 bridgehead atoms. The second-order valence-corrected chi connectivity index (χ2v) is 6.13. The van der Waals surface area contributed by atoms with Crippen LogP contribution < -0.4 is 5.32 Å². The van der Waals surface area contributed by atoms with E-state index in [2.05, 4.69) is 5.32 Å². The third kappa shape index (κ3) is 4.25. The van der Waals surface area contributed by atoms with Gasteiger partial charge < -0.3 is 15.2 Å². The van der Waals surface area contributed by atoms with Crippen molar-refractivity contribution in [3.8, 4) is 0 Å². The molecule has 24 heavy (non-hydrogen) atoms. The van der Waals surface area contributed by atoms with Gasteiger partial charge in [-0.3, -0.25) is 9.69 Å². The van der Waals surface area contributed by atoms with Crippen LogP contribution in [-0.4, -0.2) is 55.4 Å². The number of rotatable bonds is 8. The zero-order valence-corrected chi connectivity index (χ0v) is 13.4. The Labute approximate surface area is 138 Å². The zero-order valence-electron chi connectivity index (χ0n) is 13.4. The fourth-order valence-corrected chi connectivity index (χ4v) is 2.64. The Balaban J connectivity index is 1.99. The summed E-state index contributed by atoms with van der Waals surface area (Å²) < 4.78 is 44.8. The Morgan fingerprint density at radius 3 is 2.58 bits per heavy atom. The van der Waals surface area contributed by atoms with Crippen LogP contribution in [-0.2, 0) is 9.53 Å². The Morgan fingerprint density at radius 2 is 2.04 bits per heavy atom. The van der Waals surface area contributed by atoms with Gasteiger partial charge in [0.05, 0.1) is 37.5 Å². The van der Waals surface area contributed by atoms with Crippen molar-refractivity contribution < 1.29 is 27.8 Å². The van der Waals surface area contributed by atoms with E-state index in [9.17, 15) is 23.1 Å². The number of hydrogen-bond acceptors (Lipinski definition) is 4. The highest BCUT2D eigenvalue weighted by Gasteiger charge is 2.39. The first-order valence-corrected chi connectivity index (χ1v) is 7.75. The molecule has 1 heterocycles. The van der Waals surface area contributed by atoms with Crippen LogP contribution >= 0.6 is 0 Å². The predicted octanol–water partition coefficient (Wildman–Crippen LogP) is 1.76. The summed E-state index contributed by atoms with van der Waals surface area (Å²) in [5.74, 6) is -4.90. The lowest BCUT2D eigenvalue weighted by atomic mass is 9.86. The largest absolute Gasteiger partial charge is 0.396 e. The molecule has 0 saturated carbocycles. The molecule has 0 spiro atoms. The number of amides is 1. The van der Waals surface area contributed by atoms with Gasteiger partial charge in [-0.2, -0.15) is 0 Å². The maximum atomic E-state index is 13.6. The maximum Gasteiger partial charge on any atom is 0.238 e. The van der Waals surface area contributed by atoms with Crippen LogP contribution in [0.25, 0.3) is 0 Å². The van der Waals surface area contributed by atoms with Crippen molar-refractivity contribution in [3.63, 3.8) is 0 Å². The highest BCUT2D eigenvalue weighted by atomic mass is 19.2. The highest BCUT2D eigenvalue weighted by molar-refractivity contribution is 5.92. The first-order chi connectivity index (χ1) is 11.4. The number of nitrogens with one attached hydrogen (secondary N) is 1. The first kappa shape index (κ1) is 18.7. The second-order valence-electron chi connectivity index (χ2n) is 6.13. The van der Waals surface area contributed by atoms with E-state index < -0.39 is 29.0 Å². The molecule has 0 aliphatic carbocycles. The van der Waals surface area contributed by atoms with Crippen molar-refractivity contribution in [1.29, 1.82) is 0 Å². The normalized spacial score (nSPS) is 16.1. The molecule has 1 aliphatic rings. The van der Waals surface area contributed by atoms with Crippen molar-refractivity contribution in [3.05, 3.63) is 29.6 Å². The first-order valence-electron chi connectivity index (χ1n) is 7.75. The number of halogens is 3. The molecule has 1 saturated heterocycles. The van der Waals surface area contributed by atoms with E-state index in [0.717, 1.165) is 18.6 Å². The van der Waals surface area contributed by atoms with Gasteiger partial charge in [0.25, 0.3) is 0 Å². The number of aliphatic hydroxyl groups excluding tert-OH is 1. The molecule has 1 amide bonds. The number of benzene rings is 1. The van der Waals surface area contributed by atoms with Gasteiger partial charge in [0.1, 0.15) is 0 Å². The molecule has 0 unspecified atom stereocenters. The van der Waals surface area contributed by atoms with Crippen molar-refractivity contribution in [1.82, 2.24) is 4.90 Å². The van der Waals surface area contributed by atoms with Crippen molar-refractivity contribution in [2.24, 2.45) is 5.41 Å². The quantitative estimate of drug-likeness (QED) is 0.704. The highest BCUT2D eigenvalue weighted by Crippen LogP contribution is 2.28. The second kappa shape index (κ2) is 7.96. The van der Waals surface area contributed by atoms with Gasteiger partial charge in [-0.05, 0) is 25.1 Å². The molecule has 2 N–H and O–H groups in total. The van der Waals surface area contributed by atoms with Crippen LogP contribution in [0.1, 0.15) is 13.3 Å². The van der Waals surface area contributed by atoms with E-state index in [0.29, 0.717) is 26.3 Å². The monoisotopic (exact) mass is 346 g/mol. The minimum Gasteiger partial charge on any atom is -0.396 e. The average molecular weight is 346 g/mol. The summed E-state index contributed by atoms with van der Waals surface area (Å²) in [6.45, 7) is 3.76. The van der Waals surface area contributed by atoms with E-state index in [1.165, 1.54) is 0 Å². The summed E-state index contributed by atoms with van der Waals surface area (Å²) in [7, 11) is 0. The van der Waals surface area contributed by atoms with Gasteiger partial charge in [0.15, 0.2) is 17.5 Å². The van der Waals surface area contributed by atoms with E-state index in [1.807, 2.05) is 11.8 Å². The standard InChI is InChI=1S/C16H21F3N2O3/c1-2-5-21(7-16(8-22)9-24-10-16)6-13(23)20-12-4-3-11(17)14(18)15(12)19/h3-4,22H,2,5-10H2,1H3,(H,20,23). The lowest BCUT2D eigenvalue weighted by Crippen LogP contribution is -2.54. The number of aliphatic hydroxyl groups is 1. The summed E-state index contributed by atoms with van der Waals surface area (Å²) in [6, 6.07) is 1.73. The number of nitrogens with zero attached hydrogens (tertiary/aromatic N) is 1. The lowest BCUT2D eigenvalue weighted by Gasteiger charge is -2.43. The molecule has 0 radical (unpaired) electrons. The molecule has 1 fully saturated rings. The molecule has 2 rings (SSSR count). The minimum atomic E-state index is -1.62. The van der Waals surface area contributed by atoms with E-state index in [-0.39, 0.29) is 18.6 Å². The Kier molecular flexibility index (Phi) is 6.20. The van der Waals surface area contributed by atoms with Gasteiger partial charge in [0.2, 0.25) is 5.91 Å². The van der Waals surface area contributed by atoms with E-state index >= 15 is 0 Å². The molecular weight excluding hydrogens is 325 g/mol. The molecule has 8 heteroatoms. The molecule has 134 valence electrons. The number of ether oxygens (including phenoxy) is 1. The number of hydrogen-bond donors (Lipinski definition) is 2. The van der Waals surface area contributed by atoms with Gasteiger partial charge in [-0.15, -0.1) is 0 Å². The van der Waals surface area contributed by atoms with Crippen molar-refractivity contribution >= 4 is 11.6 Å². The average Bonchev–Trinajstić information content (AvgIpc) is 2.51. The zero-order chi connectivity index (χ0) is 17.7. The van der Waals surface area contributed by atoms with Crippen molar-refractivity contribution in [2.45, 2.75) is 13.3 Å². The maximum absolute atomic E-state index is 13.6. The molecule has 1 aromatic rings. The summed E-state index contributed by atoms with van der Waals surface area (Å²) in [4.78, 5) is 13.9. The van der Waals surface area contributed by atoms with E-state index in [1.54, 1.807) is 0 Å². The van der Waals surface area contributed by atoms with Crippen LogP contribution in [0.2, 0.25) is 0 Å². The number of anilines is 1. The third-order valence-electron chi connectivity index (χ3n) is 3.93. The predicted molar refractivity (Wildman–Crippen MR) is 82.0 cm³/mol. The van der Waals surface area contributed by atoms with Gasteiger partial charge in [0, 0.05) is 6.54 Å². The topological polar surface area (TPSA) is 61.8 Å². The molecule has 0 aromatic heterocycles. The van der Waals surface area contributed by atoms with Crippen molar-refractivity contribution in [2.75, 3.05) is 44.8 Å². The fourth-order valence-electron chi connectivity index (χ4n) is 2.64. The van der Waals surface area contributed by atoms with Crippen LogP contribution in [0.3, 0.4) is 0 Å². The number of carbonyl (C=O) groups is 1. The summed E-state index contributed by atoms with van der Waals surface area (Å²) >= 11 is 0. The van der Waals surface area contributed by atoms with Crippen LogP contribution in [0.4, 0.5) is 18.9 Å². The van der Waals surface area contributed by atoms with Crippen LogP contribution in [0.15, 0.2) is 12.1 Å². The minimum absolute atomic E-state index is 0.0476. The summed E-state index contributed by atoms with van der Waals surface area (Å²) in [6.07, 6.45) is 0.787. The Bertz CT molecular complexity index is 589. The smallest absolute Gasteiger partial charge is 0.238 e. The third-order valence-corrected chi connectivity index (χ3v) is 3.93. The summed E-state index contributed by atoms with van der Waals surface area (Å²) in [5.41, 5.74) is -0.790. The van der Waals surface area contributed by atoms with Gasteiger partial charge in [-0.1, -0.05) is 6.92 Å². The number of carbonyl (C=O) groups excluding carboxylic acids is 1. The Morgan fingerprint density at radius 1 is 1.33 bits per heavy atom. The van der Waals surface area contributed by atoms with Gasteiger partial charge in [-0.25, -0.2) is 13.2 Å². The van der Waals surface area contributed by atoms with E-state index in [4.69, 9.17) is 4.74 Å². The molecular formula is C16H21F3N2O3. The fraction of sp³-hybridized carbons (Fsp3) is 0.562. The SMILES string of the molecule is CCCN(CC(=O)Nc1ccc(F)c(F)c1F)CC1(CO)COC1. The van der Waals surface area contributed by atoms with Gasteiger partial charge >= 0.3 is 0 Å². The molecule has 1 aliphatic heterocycles. The lowest BCUT2D eigenvalue weighted by molar-refractivity contribution is -0.150. The molecule has 1 aromatic carbocycles.